The maximum absolute atomic E-state index is 11.6. The Bertz CT molecular complexity index is 499. The second kappa shape index (κ2) is 5.26. The summed E-state index contributed by atoms with van der Waals surface area (Å²) in [6, 6.07) is 7.48. The Morgan fingerprint density at radius 3 is 2.56 bits per heavy atom. The summed E-state index contributed by atoms with van der Waals surface area (Å²) in [6.07, 6.45) is 0. The molecule has 5 nitrogen and oxygen atoms in total. The van der Waals surface area contributed by atoms with Gasteiger partial charge in [-0.1, -0.05) is 0 Å². The molecule has 18 heavy (non-hydrogen) atoms. The minimum absolute atomic E-state index is 0.303. The van der Waals surface area contributed by atoms with Crippen molar-refractivity contribution >= 4 is 15.7 Å². The van der Waals surface area contributed by atoms with Crippen molar-refractivity contribution in [3.63, 3.8) is 0 Å². The van der Waals surface area contributed by atoms with E-state index in [9.17, 15) is 8.42 Å². The van der Waals surface area contributed by atoms with Gasteiger partial charge in [-0.2, -0.15) is 0 Å². The average Bonchev–Trinajstić information content (AvgIpc) is 2.39. The van der Waals surface area contributed by atoms with Crippen molar-refractivity contribution in [2.75, 3.05) is 31.6 Å². The highest BCUT2D eigenvalue weighted by molar-refractivity contribution is 7.89. The Balaban J connectivity index is 2.17. The van der Waals surface area contributed by atoms with E-state index in [0.29, 0.717) is 10.9 Å². The third-order valence-corrected chi connectivity index (χ3v) is 4.58. The highest BCUT2D eigenvalue weighted by Crippen LogP contribution is 2.19. The van der Waals surface area contributed by atoms with E-state index in [1.54, 1.807) is 12.1 Å². The van der Waals surface area contributed by atoms with Crippen LogP contribution in [0.5, 0.6) is 0 Å². The molecule has 0 spiro atoms. The van der Waals surface area contributed by atoms with Crippen LogP contribution in [0.4, 0.5) is 5.69 Å². The molecule has 1 atom stereocenters. The quantitative estimate of drug-likeness (QED) is 0.833. The summed E-state index contributed by atoms with van der Waals surface area (Å²) in [5.74, 6) is 0. The highest BCUT2D eigenvalue weighted by Gasteiger charge is 2.17. The predicted molar refractivity (Wildman–Crippen MR) is 72.4 cm³/mol. The largest absolute Gasteiger partial charge is 0.369 e. The van der Waals surface area contributed by atoms with E-state index in [2.05, 4.69) is 21.9 Å². The fraction of sp³-hybridized carbons (Fsp3) is 0.500. The molecule has 0 bridgehead atoms. The molecule has 100 valence electrons. The Hall–Kier alpha value is -1.11. The molecular weight excluding hydrogens is 250 g/mol. The fourth-order valence-electron chi connectivity index (χ4n) is 2.12. The molecule has 2 rings (SSSR count). The first-order chi connectivity index (χ1) is 8.53. The molecule has 2 N–H and O–H groups in total. The Morgan fingerprint density at radius 1 is 1.33 bits per heavy atom. The summed E-state index contributed by atoms with van der Waals surface area (Å²) in [4.78, 5) is 2.56. The lowest BCUT2D eigenvalue weighted by molar-refractivity contribution is 0.485. The molecule has 0 amide bonds. The first-order valence-electron chi connectivity index (χ1n) is 6.05. The molecule has 1 heterocycles. The SMILES string of the molecule is CNS(=O)(=O)c1ccc(N2CCN[C@@H](C)C2)cc1. The average molecular weight is 269 g/mol. The second-order valence-corrected chi connectivity index (χ2v) is 6.39. The molecule has 1 aromatic rings. The van der Waals surface area contributed by atoms with Crippen LogP contribution in [0.2, 0.25) is 0 Å². The van der Waals surface area contributed by atoms with Gasteiger partial charge in [0.05, 0.1) is 4.90 Å². The smallest absolute Gasteiger partial charge is 0.240 e. The molecule has 1 saturated heterocycles. The topological polar surface area (TPSA) is 61.4 Å². The van der Waals surface area contributed by atoms with Crippen LogP contribution in [0.15, 0.2) is 29.2 Å². The van der Waals surface area contributed by atoms with Crippen molar-refractivity contribution in [1.82, 2.24) is 10.0 Å². The van der Waals surface area contributed by atoms with Gasteiger partial charge in [0.1, 0.15) is 0 Å². The summed E-state index contributed by atoms with van der Waals surface area (Å²) in [7, 11) is -1.92. The zero-order valence-corrected chi connectivity index (χ0v) is 11.5. The molecule has 1 fully saturated rings. The standard InChI is InChI=1S/C12H19N3O2S/c1-10-9-15(8-7-14-10)11-3-5-12(6-4-11)18(16,17)13-2/h3-6,10,13-14H,7-9H2,1-2H3/t10-/m0/s1. The number of sulfonamides is 1. The maximum atomic E-state index is 11.6. The van der Waals surface area contributed by atoms with E-state index in [1.165, 1.54) is 7.05 Å². The van der Waals surface area contributed by atoms with Gasteiger partial charge in [0.25, 0.3) is 0 Å². The fourth-order valence-corrected chi connectivity index (χ4v) is 2.85. The highest BCUT2D eigenvalue weighted by atomic mass is 32.2. The monoisotopic (exact) mass is 269 g/mol. The number of hydrogen-bond acceptors (Lipinski definition) is 4. The van der Waals surface area contributed by atoms with Gasteiger partial charge in [-0.25, -0.2) is 13.1 Å². The molecule has 1 aromatic carbocycles. The first-order valence-corrected chi connectivity index (χ1v) is 7.53. The van der Waals surface area contributed by atoms with Gasteiger partial charge >= 0.3 is 0 Å². The summed E-state index contributed by atoms with van der Waals surface area (Å²) < 4.78 is 25.5. The van der Waals surface area contributed by atoms with Crippen LogP contribution < -0.4 is 14.9 Å². The number of rotatable bonds is 3. The van der Waals surface area contributed by atoms with Gasteiger partial charge in [0.15, 0.2) is 0 Å². The van der Waals surface area contributed by atoms with Crippen LogP contribution in [0, 0.1) is 0 Å². The Labute approximate surface area is 108 Å². The van der Waals surface area contributed by atoms with E-state index in [-0.39, 0.29) is 0 Å². The molecule has 6 heteroatoms. The lowest BCUT2D eigenvalue weighted by Crippen LogP contribution is -2.49. The summed E-state index contributed by atoms with van der Waals surface area (Å²) in [5, 5.41) is 3.38. The van der Waals surface area contributed by atoms with E-state index in [4.69, 9.17) is 0 Å². The third kappa shape index (κ3) is 2.82. The molecule has 0 saturated carbocycles. The molecule has 1 aliphatic heterocycles. The van der Waals surface area contributed by atoms with E-state index in [1.807, 2.05) is 12.1 Å². The van der Waals surface area contributed by atoms with Crippen molar-refractivity contribution in [3.8, 4) is 0 Å². The van der Waals surface area contributed by atoms with Gasteiger partial charge in [-0.05, 0) is 38.2 Å². The number of anilines is 1. The molecule has 0 aliphatic carbocycles. The zero-order valence-electron chi connectivity index (χ0n) is 10.7. The Kier molecular flexibility index (Phi) is 3.89. The van der Waals surface area contributed by atoms with E-state index < -0.39 is 10.0 Å². The van der Waals surface area contributed by atoms with Crippen LogP contribution in [0.1, 0.15) is 6.92 Å². The van der Waals surface area contributed by atoms with Crippen molar-refractivity contribution in [2.45, 2.75) is 17.9 Å². The van der Waals surface area contributed by atoms with Crippen molar-refractivity contribution < 1.29 is 8.42 Å². The van der Waals surface area contributed by atoms with Gasteiger partial charge in [-0.3, -0.25) is 0 Å². The lowest BCUT2D eigenvalue weighted by atomic mass is 10.2. The molecular formula is C12H19N3O2S. The number of hydrogen-bond donors (Lipinski definition) is 2. The second-order valence-electron chi connectivity index (χ2n) is 4.50. The number of nitrogens with zero attached hydrogens (tertiary/aromatic N) is 1. The predicted octanol–water partition coefficient (Wildman–Crippen LogP) is 0.393. The third-order valence-electron chi connectivity index (χ3n) is 3.15. The number of piperazine rings is 1. The number of nitrogens with one attached hydrogen (secondary N) is 2. The van der Waals surface area contributed by atoms with E-state index in [0.717, 1.165) is 25.3 Å². The van der Waals surface area contributed by atoms with Crippen LogP contribution in [0.25, 0.3) is 0 Å². The summed E-state index contributed by atoms with van der Waals surface area (Å²) in [5.41, 5.74) is 1.07. The van der Waals surface area contributed by atoms with Crippen LogP contribution in [-0.2, 0) is 10.0 Å². The zero-order chi connectivity index (χ0) is 13.2. The van der Waals surface area contributed by atoms with Gasteiger partial charge < -0.3 is 10.2 Å². The molecule has 0 radical (unpaired) electrons. The van der Waals surface area contributed by atoms with Gasteiger partial charge in [-0.15, -0.1) is 0 Å². The van der Waals surface area contributed by atoms with Gasteiger partial charge in [0, 0.05) is 31.4 Å². The summed E-state index contributed by atoms with van der Waals surface area (Å²) >= 11 is 0. The van der Waals surface area contributed by atoms with Gasteiger partial charge in [0.2, 0.25) is 10.0 Å². The normalized spacial score (nSPS) is 21.0. The minimum atomic E-state index is -3.34. The molecule has 1 aliphatic rings. The van der Waals surface area contributed by atoms with Crippen molar-refractivity contribution in [2.24, 2.45) is 0 Å². The summed E-state index contributed by atoms with van der Waals surface area (Å²) in [6.45, 7) is 4.99. The van der Waals surface area contributed by atoms with Crippen LogP contribution in [-0.4, -0.2) is 41.1 Å². The van der Waals surface area contributed by atoms with Crippen LogP contribution in [0.3, 0.4) is 0 Å². The number of benzene rings is 1. The first kappa shape index (κ1) is 13.3. The molecule has 0 unspecified atom stereocenters. The maximum Gasteiger partial charge on any atom is 0.240 e. The Morgan fingerprint density at radius 2 is 2.00 bits per heavy atom. The lowest BCUT2D eigenvalue weighted by Gasteiger charge is -2.33. The molecule has 0 aromatic heterocycles. The van der Waals surface area contributed by atoms with Crippen molar-refractivity contribution in [3.05, 3.63) is 24.3 Å². The van der Waals surface area contributed by atoms with E-state index >= 15 is 0 Å². The minimum Gasteiger partial charge on any atom is -0.369 e. The van der Waals surface area contributed by atoms with Crippen molar-refractivity contribution in [1.29, 1.82) is 0 Å². The van der Waals surface area contributed by atoms with Crippen LogP contribution >= 0.6 is 0 Å².